The predicted octanol–water partition coefficient (Wildman–Crippen LogP) is 4.96. The Bertz CT molecular complexity index is 571. The highest BCUT2D eigenvalue weighted by Gasteiger charge is 2.10. The monoisotopic (exact) mass is 319 g/mol. The smallest absolute Gasteiger partial charge is 0.0417 e. The van der Waals surface area contributed by atoms with Crippen molar-refractivity contribution in [1.82, 2.24) is 5.32 Å². The lowest BCUT2D eigenvalue weighted by molar-refractivity contribution is 0.571. The molecule has 112 valence electrons. The zero-order chi connectivity index (χ0) is 15.1. The van der Waals surface area contributed by atoms with Crippen LogP contribution in [-0.2, 0) is 6.42 Å². The molecule has 1 atom stereocenters. The first-order valence-corrected chi connectivity index (χ1v) is 8.71. The molecule has 0 fully saturated rings. The van der Waals surface area contributed by atoms with Crippen molar-refractivity contribution in [2.45, 2.75) is 31.2 Å². The molecule has 0 bridgehead atoms. The van der Waals surface area contributed by atoms with Gasteiger partial charge in [-0.2, -0.15) is 0 Å². The lowest BCUT2D eigenvalue weighted by atomic mass is 10.0. The Balaban J connectivity index is 1.97. The highest BCUT2D eigenvalue weighted by molar-refractivity contribution is 7.99. The standard InChI is InChI=1S/C18H22ClNS/c1-3-20-17(11-15-8-5-4-7-14(15)2)13-21-18-10-6-9-16(19)12-18/h4-10,12,17,20H,3,11,13H2,1-2H3. The van der Waals surface area contributed by atoms with Crippen LogP contribution in [-0.4, -0.2) is 18.3 Å². The van der Waals surface area contributed by atoms with Crippen molar-refractivity contribution in [3.05, 3.63) is 64.7 Å². The van der Waals surface area contributed by atoms with Gasteiger partial charge in [-0.1, -0.05) is 48.9 Å². The summed E-state index contributed by atoms with van der Waals surface area (Å²) >= 11 is 7.90. The first-order valence-electron chi connectivity index (χ1n) is 7.35. The Morgan fingerprint density at radius 3 is 2.67 bits per heavy atom. The van der Waals surface area contributed by atoms with Crippen molar-refractivity contribution in [3.63, 3.8) is 0 Å². The molecule has 0 spiro atoms. The molecule has 0 aliphatic heterocycles. The van der Waals surface area contributed by atoms with E-state index in [1.54, 1.807) is 0 Å². The summed E-state index contributed by atoms with van der Waals surface area (Å²) in [6, 6.07) is 17.2. The molecule has 1 nitrogen and oxygen atoms in total. The van der Waals surface area contributed by atoms with Gasteiger partial charge in [0.25, 0.3) is 0 Å². The van der Waals surface area contributed by atoms with Crippen molar-refractivity contribution in [3.8, 4) is 0 Å². The topological polar surface area (TPSA) is 12.0 Å². The van der Waals surface area contributed by atoms with E-state index in [1.807, 2.05) is 30.0 Å². The minimum absolute atomic E-state index is 0.472. The second-order valence-electron chi connectivity index (χ2n) is 5.15. The van der Waals surface area contributed by atoms with Gasteiger partial charge in [-0.25, -0.2) is 0 Å². The van der Waals surface area contributed by atoms with Crippen LogP contribution in [0.25, 0.3) is 0 Å². The Morgan fingerprint density at radius 2 is 1.95 bits per heavy atom. The number of halogens is 1. The summed E-state index contributed by atoms with van der Waals surface area (Å²) in [6.45, 7) is 5.34. The number of hydrogen-bond donors (Lipinski definition) is 1. The maximum atomic E-state index is 6.04. The van der Waals surface area contributed by atoms with Gasteiger partial charge in [0.2, 0.25) is 0 Å². The first kappa shape index (κ1) is 16.4. The number of thioether (sulfide) groups is 1. The molecule has 0 heterocycles. The average molecular weight is 320 g/mol. The molecule has 3 heteroatoms. The number of benzene rings is 2. The van der Waals surface area contributed by atoms with Crippen LogP contribution in [0, 0.1) is 6.92 Å². The van der Waals surface area contributed by atoms with Crippen LogP contribution in [0.1, 0.15) is 18.1 Å². The molecule has 21 heavy (non-hydrogen) atoms. The van der Waals surface area contributed by atoms with E-state index in [9.17, 15) is 0 Å². The Morgan fingerprint density at radius 1 is 1.14 bits per heavy atom. The molecular formula is C18H22ClNS. The van der Waals surface area contributed by atoms with Gasteiger partial charge in [0, 0.05) is 21.7 Å². The van der Waals surface area contributed by atoms with Gasteiger partial charge in [-0.3, -0.25) is 0 Å². The van der Waals surface area contributed by atoms with Gasteiger partial charge in [0.1, 0.15) is 0 Å². The molecule has 0 saturated carbocycles. The molecule has 0 radical (unpaired) electrons. The van der Waals surface area contributed by atoms with Crippen LogP contribution in [0.2, 0.25) is 5.02 Å². The van der Waals surface area contributed by atoms with E-state index in [-0.39, 0.29) is 0 Å². The Hall–Kier alpha value is -0.960. The molecule has 1 N–H and O–H groups in total. The third-order valence-electron chi connectivity index (χ3n) is 3.47. The van der Waals surface area contributed by atoms with E-state index in [1.165, 1.54) is 16.0 Å². The number of nitrogens with one attached hydrogen (secondary N) is 1. The molecule has 2 rings (SSSR count). The van der Waals surface area contributed by atoms with Crippen LogP contribution in [0.15, 0.2) is 53.4 Å². The van der Waals surface area contributed by atoms with Gasteiger partial charge in [0.05, 0.1) is 0 Å². The maximum Gasteiger partial charge on any atom is 0.0417 e. The van der Waals surface area contributed by atoms with Crippen LogP contribution >= 0.6 is 23.4 Å². The van der Waals surface area contributed by atoms with Crippen molar-refractivity contribution < 1.29 is 0 Å². The van der Waals surface area contributed by atoms with E-state index in [0.29, 0.717) is 6.04 Å². The SMILES string of the molecule is CCNC(CSc1cccc(Cl)c1)Cc1ccccc1C. The lowest BCUT2D eigenvalue weighted by Gasteiger charge is -2.19. The Labute approximate surface area is 137 Å². The number of rotatable bonds is 7. The summed E-state index contributed by atoms with van der Waals surface area (Å²) in [6.07, 6.45) is 1.06. The molecule has 0 amide bonds. The quantitative estimate of drug-likeness (QED) is 0.724. The van der Waals surface area contributed by atoms with Crippen molar-refractivity contribution >= 4 is 23.4 Å². The largest absolute Gasteiger partial charge is 0.313 e. The van der Waals surface area contributed by atoms with E-state index < -0.39 is 0 Å². The zero-order valence-corrected chi connectivity index (χ0v) is 14.2. The fourth-order valence-corrected chi connectivity index (χ4v) is 3.61. The van der Waals surface area contributed by atoms with Crippen LogP contribution in [0.4, 0.5) is 0 Å². The van der Waals surface area contributed by atoms with Gasteiger partial charge >= 0.3 is 0 Å². The summed E-state index contributed by atoms with van der Waals surface area (Å²) in [4.78, 5) is 1.23. The van der Waals surface area contributed by atoms with E-state index in [4.69, 9.17) is 11.6 Å². The number of likely N-dealkylation sites (N-methyl/N-ethyl adjacent to an activating group) is 1. The van der Waals surface area contributed by atoms with Crippen molar-refractivity contribution in [1.29, 1.82) is 0 Å². The summed E-state index contributed by atoms with van der Waals surface area (Å²) in [5.74, 6) is 1.04. The third-order valence-corrected chi connectivity index (χ3v) is 4.86. The molecule has 1 unspecified atom stereocenters. The van der Waals surface area contributed by atoms with E-state index in [0.717, 1.165) is 23.7 Å². The zero-order valence-electron chi connectivity index (χ0n) is 12.6. The third kappa shape index (κ3) is 5.39. The highest BCUT2D eigenvalue weighted by Crippen LogP contribution is 2.23. The summed E-state index contributed by atoms with van der Waals surface area (Å²) in [5, 5.41) is 4.39. The minimum atomic E-state index is 0.472. The highest BCUT2D eigenvalue weighted by atomic mass is 35.5. The van der Waals surface area contributed by atoms with Crippen molar-refractivity contribution in [2.24, 2.45) is 0 Å². The molecular weight excluding hydrogens is 298 g/mol. The number of hydrogen-bond acceptors (Lipinski definition) is 2. The van der Waals surface area contributed by atoms with Gasteiger partial charge < -0.3 is 5.32 Å². The van der Waals surface area contributed by atoms with Crippen molar-refractivity contribution in [2.75, 3.05) is 12.3 Å². The molecule has 2 aromatic carbocycles. The molecule has 0 aliphatic rings. The number of aryl methyl sites for hydroxylation is 1. The summed E-state index contributed by atoms with van der Waals surface area (Å²) in [7, 11) is 0. The van der Waals surface area contributed by atoms with E-state index >= 15 is 0 Å². The van der Waals surface area contributed by atoms with Gasteiger partial charge in [-0.15, -0.1) is 11.8 Å². The van der Waals surface area contributed by atoms with Crippen LogP contribution in [0.5, 0.6) is 0 Å². The molecule has 0 aliphatic carbocycles. The second kappa shape index (κ2) is 8.47. The van der Waals surface area contributed by atoms with Crippen LogP contribution < -0.4 is 5.32 Å². The van der Waals surface area contributed by atoms with Gasteiger partial charge in [-0.05, 0) is 49.2 Å². The molecule has 0 saturated heterocycles. The average Bonchev–Trinajstić information content (AvgIpc) is 2.47. The predicted molar refractivity (Wildman–Crippen MR) is 94.5 cm³/mol. The first-order chi connectivity index (χ1) is 10.2. The summed E-state index contributed by atoms with van der Waals surface area (Å²) < 4.78 is 0. The fraction of sp³-hybridized carbons (Fsp3) is 0.333. The lowest BCUT2D eigenvalue weighted by Crippen LogP contribution is -2.33. The second-order valence-corrected chi connectivity index (χ2v) is 6.68. The summed E-state index contributed by atoms with van der Waals surface area (Å²) in [5.41, 5.74) is 2.79. The minimum Gasteiger partial charge on any atom is -0.313 e. The normalized spacial score (nSPS) is 12.3. The fourth-order valence-electron chi connectivity index (χ4n) is 2.34. The van der Waals surface area contributed by atoms with E-state index in [2.05, 4.69) is 49.5 Å². The molecule has 2 aromatic rings. The van der Waals surface area contributed by atoms with Gasteiger partial charge in [0.15, 0.2) is 0 Å². The van der Waals surface area contributed by atoms with Crippen LogP contribution in [0.3, 0.4) is 0 Å². The molecule has 0 aromatic heterocycles. The maximum absolute atomic E-state index is 6.04. The Kier molecular flexibility index (Phi) is 6.62.